The molecule has 6 nitrogen and oxygen atoms in total. The number of benzene rings is 2. The van der Waals surface area contributed by atoms with Gasteiger partial charge in [0, 0.05) is 29.3 Å². The van der Waals surface area contributed by atoms with Crippen molar-refractivity contribution >= 4 is 44.9 Å². The van der Waals surface area contributed by atoms with E-state index in [2.05, 4.69) is 31.5 Å². The van der Waals surface area contributed by atoms with E-state index in [9.17, 15) is 9.18 Å². The van der Waals surface area contributed by atoms with E-state index in [-0.39, 0.29) is 30.2 Å². The lowest BCUT2D eigenvalue weighted by molar-refractivity contribution is -0.116. The number of nitrogens with one attached hydrogen (secondary N) is 2. The van der Waals surface area contributed by atoms with Crippen LogP contribution in [-0.2, 0) is 4.79 Å². The summed E-state index contributed by atoms with van der Waals surface area (Å²) in [5.74, 6) is 0.499. The van der Waals surface area contributed by atoms with E-state index in [4.69, 9.17) is 16.6 Å². The maximum Gasteiger partial charge on any atom is 0.226 e. The Morgan fingerprint density at radius 3 is 2.70 bits per heavy atom. The van der Waals surface area contributed by atoms with Crippen molar-refractivity contribution < 1.29 is 13.6 Å². The Hall–Kier alpha value is -3.56. The SMILES string of the molecule is Cc1ccc(NC(=O)CCN2C(=S)N[C@@H](c3ccccn3)[C@@H]2c2ccc(-c3ccc(Br)cc3F)o2)cc1. The molecule has 4 aromatic rings. The molecule has 1 aliphatic rings. The van der Waals surface area contributed by atoms with Crippen LogP contribution < -0.4 is 10.6 Å². The molecule has 2 aromatic heterocycles. The number of anilines is 1. The highest BCUT2D eigenvalue weighted by molar-refractivity contribution is 9.10. The quantitative estimate of drug-likeness (QED) is 0.242. The number of thiocarbonyl (C=S) groups is 1. The average molecular weight is 579 g/mol. The molecule has 1 aliphatic heterocycles. The van der Waals surface area contributed by atoms with Crippen molar-refractivity contribution in [3.05, 3.63) is 106 Å². The number of nitrogens with zero attached hydrogens (tertiary/aromatic N) is 2. The third kappa shape index (κ3) is 5.57. The molecule has 37 heavy (non-hydrogen) atoms. The van der Waals surface area contributed by atoms with Gasteiger partial charge in [0.15, 0.2) is 5.11 Å². The van der Waals surface area contributed by atoms with Crippen LogP contribution in [-0.4, -0.2) is 27.4 Å². The molecular weight excluding hydrogens is 555 g/mol. The summed E-state index contributed by atoms with van der Waals surface area (Å²) < 4.78 is 21.5. The molecule has 2 atom stereocenters. The van der Waals surface area contributed by atoms with Gasteiger partial charge in [-0.25, -0.2) is 4.39 Å². The number of carbonyl (C=O) groups excluding carboxylic acids is 1. The second kappa shape index (κ2) is 10.8. The van der Waals surface area contributed by atoms with Crippen molar-refractivity contribution in [2.24, 2.45) is 0 Å². The molecule has 5 rings (SSSR count). The van der Waals surface area contributed by atoms with Gasteiger partial charge in [0.25, 0.3) is 0 Å². The second-order valence-corrected chi connectivity index (χ2v) is 10.1. The maximum atomic E-state index is 14.6. The lowest BCUT2D eigenvalue weighted by atomic mass is 10.0. The van der Waals surface area contributed by atoms with Gasteiger partial charge in [-0.05, 0) is 73.7 Å². The van der Waals surface area contributed by atoms with Gasteiger partial charge in [0.05, 0.1) is 17.3 Å². The van der Waals surface area contributed by atoms with Crippen LogP contribution in [0.1, 0.15) is 35.5 Å². The molecule has 0 saturated carbocycles. The van der Waals surface area contributed by atoms with Crippen LogP contribution in [0.15, 0.2) is 87.9 Å². The monoisotopic (exact) mass is 578 g/mol. The molecule has 0 spiro atoms. The Bertz CT molecular complexity index is 1430. The summed E-state index contributed by atoms with van der Waals surface area (Å²) in [4.78, 5) is 19.2. The Morgan fingerprint density at radius 2 is 1.97 bits per heavy atom. The van der Waals surface area contributed by atoms with Crippen molar-refractivity contribution in [1.82, 2.24) is 15.2 Å². The zero-order valence-corrected chi connectivity index (χ0v) is 22.4. The summed E-state index contributed by atoms with van der Waals surface area (Å²) in [7, 11) is 0. The number of aromatic nitrogens is 1. The highest BCUT2D eigenvalue weighted by atomic mass is 79.9. The molecule has 0 radical (unpaired) electrons. The van der Waals surface area contributed by atoms with E-state index < -0.39 is 0 Å². The molecule has 0 bridgehead atoms. The number of carbonyl (C=O) groups is 1. The largest absolute Gasteiger partial charge is 0.459 e. The van der Waals surface area contributed by atoms with E-state index in [0.29, 0.717) is 33.2 Å². The predicted molar refractivity (Wildman–Crippen MR) is 148 cm³/mol. The Balaban J connectivity index is 1.40. The number of hydrogen-bond acceptors (Lipinski definition) is 4. The van der Waals surface area contributed by atoms with Crippen LogP contribution in [0.3, 0.4) is 0 Å². The van der Waals surface area contributed by atoms with Gasteiger partial charge in [0.2, 0.25) is 5.91 Å². The molecule has 3 heterocycles. The zero-order chi connectivity index (χ0) is 25.9. The first-order chi connectivity index (χ1) is 17.9. The van der Waals surface area contributed by atoms with Crippen LogP contribution >= 0.6 is 28.1 Å². The fourth-order valence-electron chi connectivity index (χ4n) is 4.38. The van der Waals surface area contributed by atoms with Crippen molar-refractivity contribution in [3.63, 3.8) is 0 Å². The van der Waals surface area contributed by atoms with E-state index in [1.807, 2.05) is 60.4 Å². The van der Waals surface area contributed by atoms with Gasteiger partial charge < -0.3 is 20.0 Å². The van der Waals surface area contributed by atoms with Gasteiger partial charge in [-0.1, -0.05) is 39.7 Å². The highest BCUT2D eigenvalue weighted by Gasteiger charge is 2.41. The smallest absolute Gasteiger partial charge is 0.226 e. The average Bonchev–Trinajstić information content (AvgIpc) is 3.49. The summed E-state index contributed by atoms with van der Waals surface area (Å²) in [5, 5.41) is 6.77. The third-order valence-corrected chi connectivity index (χ3v) is 7.07. The van der Waals surface area contributed by atoms with Crippen molar-refractivity contribution in [1.29, 1.82) is 0 Å². The molecule has 9 heteroatoms. The number of furan rings is 1. The number of pyridine rings is 1. The standard InChI is InChI=1S/C28H24BrFN4O2S/c1-17-5-8-19(9-6-17)32-25(35)13-15-34-27(26(33-28(34)37)22-4-2-3-14-31-22)24-12-11-23(36-24)20-10-7-18(29)16-21(20)30/h2-12,14,16,26-27H,13,15H2,1H3,(H,32,35)(H,33,37)/t26-,27-/m0/s1. The van der Waals surface area contributed by atoms with Gasteiger partial charge in [-0.2, -0.15) is 0 Å². The summed E-state index contributed by atoms with van der Waals surface area (Å²) >= 11 is 8.96. The van der Waals surface area contributed by atoms with Crippen LogP contribution in [0.25, 0.3) is 11.3 Å². The first kappa shape index (κ1) is 25.1. The van der Waals surface area contributed by atoms with Crippen LogP contribution in [0.4, 0.5) is 10.1 Å². The molecule has 1 amide bonds. The Labute approximate surface area is 228 Å². The first-order valence-electron chi connectivity index (χ1n) is 11.8. The minimum Gasteiger partial charge on any atom is -0.459 e. The maximum absolute atomic E-state index is 14.6. The zero-order valence-electron chi connectivity index (χ0n) is 19.9. The molecule has 188 valence electrons. The molecule has 1 fully saturated rings. The van der Waals surface area contributed by atoms with E-state index in [1.165, 1.54) is 6.07 Å². The Morgan fingerprint density at radius 1 is 1.16 bits per heavy atom. The van der Waals surface area contributed by atoms with E-state index >= 15 is 0 Å². The first-order valence-corrected chi connectivity index (χ1v) is 13.0. The van der Waals surface area contributed by atoms with Gasteiger partial charge in [-0.15, -0.1) is 0 Å². The summed E-state index contributed by atoms with van der Waals surface area (Å²) in [6, 6.07) is 21.1. The summed E-state index contributed by atoms with van der Waals surface area (Å²) in [6.07, 6.45) is 1.94. The van der Waals surface area contributed by atoms with Crippen LogP contribution in [0, 0.1) is 12.7 Å². The molecule has 2 N–H and O–H groups in total. The number of rotatable bonds is 7. The summed E-state index contributed by atoms with van der Waals surface area (Å²) in [6.45, 7) is 2.36. The molecule has 2 aromatic carbocycles. The number of aryl methyl sites for hydroxylation is 1. The number of amides is 1. The normalized spacial score (nSPS) is 17.1. The van der Waals surface area contributed by atoms with E-state index in [1.54, 1.807) is 24.4 Å². The Kier molecular flexibility index (Phi) is 7.34. The van der Waals surface area contributed by atoms with E-state index in [0.717, 1.165) is 16.9 Å². The molecule has 0 aliphatic carbocycles. The molecular formula is C28H24BrFN4O2S. The number of hydrogen-bond donors (Lipinski definition) is 2. The summed E-state index contributed by atoms with van der Waals surface area (Å²) in [5.41, 5.74) is 3.01. The molecule has 1 saturated heterocycles. The van der Waals surface area contributed by atoms with Crippen LogP contribution in [0.5, 0.6) is 0 Å². The minimum atomic E-state index is -0.388. The van der Waals surface area contributed by atoms with Crippen molar-refractivity contribution in [3.8, 4) is 11.3 Å². The lowest BCUT2D eigenvalue weighted by Gasteiger charge is -2.25. The fourth-order valence-corrected chi connectivity index (χ4v) is 5.05. The van der Waals surface area contributed by atoms with Crippen molar-refractivity contribution in [2.45, 2.75) is 25.4 Å². The highest BCUT2D eigenvalue weighted by Crippen LogP contribution is 2.41. The predicted octanol–water partition coefficient (Wildman–Crippen LogP) is 6.55. The van der Waals surface area contributed by atoms with Gasteiger partial charge in [0.1, 0.15) is 23.4 Å². The lowest BCUT2D eigenvalue weighted by Crippen LogP contribution is -2.32. The topological polar surface area (TPSA) is 70.4 Å². The minimum absolute atomic E-state index is 0.122. The third-order valence-electron chi connectivity index (χ3n) is 6.23. The van der Waals surface area contributed by atoms with Crippen LogP contribution in [0.2, 0.25) is 0 Å². The fraction of sp³-hybridized carbons (Fsp3) is 0.179. The van der Waals surface area contributed by atoms with Gasteiger partial charge >= 0.3 is 0 Å². The van der Waals surface area contributed by atoms with Crippen molar-refractivity contribution in [2.75, 3.05) is 11.9 Å². The number of halogens is 2. The second-order valence-electron chi connectivity index (χ2n) is 8.81. The molecule has 0 unspecified atom stereocenters. The van der Waals surface area contributed by atoms with Gasteiger partial charge in [-0.3, -0.25) is 9.78 Å².